The molecule has 2 N–H and O–H groups in total. The van der Waals surface area contributed by atoms with Gasteiger partial charge in [-0.05, 0) is 11.6 Å². The van der Waals surface area contributed by atoms with Crippen molar-refractivity contribution in [2.24, 2.45) is 0 Å². The van der Waals surface area contributed by atoms with E-state index < -0.39 is 12.0 Å². The Balaban J connectivity index is 1.67. The zero-order chi connectivity index (χ0) is 17.6. The zero-order valence-corrected chi connectivity index (χ0v) is 13.8. The first kappa shape index (κ1) is 16.7. The summed E-state index contributed by atoms with van der Waals surface area (Å²) in [5.74, 6) is -0.717. The topological polar surface area (TPSA) is 102 Å². The van der Waals surface area contributed by atoms with Crippen LogP contribution in [-0.2, 0) is 27.3 Å². The van der Waals surface area contributed by atoms with E-state index in [-0.39, 0.29) is 12.3 Å². The highest BCUT2D eigenvalue weighted by molar-refractivity contribution is 5.87. The average molecular weight is 341 g/mol. The van der Waals surface area contributed by atoms with Crippen molar-refractivity contribution in [3.05, 3.63) is 48.7 Å². The van der Waals surface area contributed by atoms with Crippen LogP contribution in [0, 0.1) is 0 Å². The van der Waals surface area contributed by atoms with Crippen molar-refractivity contribution in [1.29, 1.82) is 0 Å². The van der Waals surface area contributed by atoms with E-state index in [1.54, 1.807) is 4.68 Å². The predicted octanol–water partition coefficient (Wildman–Crippen LogP) is 1.05. The first-order valence-electron chi connectivity index (χ1n) is 7.92. The summed E-state index contributed by atoms with van der Waals surface area (Å²) >= 11 is 0. The molecule has 1 unspecified atom stereocenters. The maximum Gasteiger partial charge on any atom is 0.328 e. The number of methoxy groups -OCH3 is 1. The van der Waals surface area contributed by atoms with Gasteiger partial charge in [0.1, 0.15) is 18.7 Å². The van der Waals surface area contributed by atoms with Gasteiger partial charge in [0.05, 0.1) is 13.7 Å². The van der Waals surface area contributed by atoms with Crippen LogP contribution in [0.5, 0.6) is 0 Å². The van der Waals surface area contributed by atoms with E-state index in [9.17, 15) is 9.59 Å². The van der Waals surface area contributed by atoms with Gasteiger partial charge < -0.3 is 15.0 Å². The second kappa shape index (κ2) is 7.61. The molecule has 0 saturated carbocycles. The number of amides is 1. The van der Waals surface area contributed by atoms with Gasteiger partial charge in [-0.2, -0.15) is 5.10 Å². The fourth-order valence-electron chi connectivity index (χ4n) is 2.69. The van der Waals surface area contributed by atoms with Gasteiger partial charge in [-0.25, -0.2) is 9.78 Å². The molecule has 1 atom stereocenters. The molecule has 0 bridgehead atoms. The van der Waals surface area contributed by atoms with E-state index in [4.69, 9.17) is 4.74 Å². The number of carbonyl (C=O) groups is 2. The maximum atomic E-state index is 12.2. The van der Waals surface area contributed by atoms with Crippen molar-refractivity contribution in [2.45, 2.75) is 25.4 Å². The van der Waals surface area contributed by atoms with Crippen molar-refractivity contribution in [3.8, 4) is 0 Å². The Morgan fingerprint density at radius 2 is 2.20 bits per heavy atom. The fraction of sp³-hybridized carbons (Fsp3) is 0.294. The third-order valence-corrected chi connectivity index (χ3v) is 3.95. The number of benzene rings is 1. The van der Waals surface area contributed by atoms with Crippen molar-refractivity contribution >= 4 is 22.8 Å². The second-order valence-electron chi connectivity index (χ2n) is 5.62. The van der Waals surface area contributed by atoms with Crippen LogP contribution in [0.1, 0.15) is 12.0 Å². The third kappa shape index (κ3) is 4.03. The molecule has 0 spiro atoms. The number of hydrogen-bond donors (Lipinski definition) is 2. The highest BCUT2D eigenvalue weighted by Gasteiger charge is 2.23. The quantitative estimate of drug-likeness (QED) is 0.626. The Labute approximate surface area is 144 Å². The van der Waals surface area contributed by atoms with Crippen LogP contribution < -0.4 is 5.32 Å². The Hall–Kier alpha value is -3.16. The highest BCUT2D eigenvalue weighted by Crippen LogP contribution is 2.19. The molecule has 0 aliphatic heterocycles. The molecule has 8 heteroatoms. The largest absolute Gasteiger partial charge is 0.467 e. The number of para-hydroxylation sites is 1. The normalized spacial score (nSPS) is 12.0. The summed E-state index contributed by atoms with van der Waals surface area (Å²) in [5.41, 5.74) is 1.93. The Morgan fingerprint density at radius 1 is 1.36 bits per heavy atom. The molecule has 0 aliphatic carbocycles. The Morgan fingerprint density at radius 3 is 2.96 bits per heavy atom. The first-order chi connectivity index (χ1) is 12.2. The van der Waals surface area contributed by atoms with Crippen molar-refractivity contribution in [3.63, 3.8) is 0 Å². The van der Waals surface area contributed by atoms with Gasteiger partial charge in [-0.15, -0.1) is 0 Å². The molecule has 0 radical (unpaired) electrons. The van der Waals surface area contributed by atoms with E-state index in [2.05, 4.69) is 20.4 Å². The van der Waals surface area contributed by atoms with Gasteiger partial charge >= 0.3 is 5.97 Å². The number of fused-ring (bicyclic) bond motifs is 1. The molecule has 2 heterocycles. The lowest BCUT2D eigenvalue weighted by Gasteiger charge is -2.16. The van der Waals surface area contributed by atoms with Crippen LogP contribution >= 0.6 is 0 Å². The number of aromatic amines is 1. The van der Waals surface area contributed by atoms with Gasteiger partial charge in [0.2, 0.25) is 5.91 Å². The lowest BCUT2D eigenvalue weighted by atomic mass is 10.0. The van der Waals surface area contributed by atoms with Gasteiger partial charge in [-0.1, -0.05) is 18.2 Å². The lowest BCUT2D eigenvalue weighted by molar-refractivity contribution is -0.145. The molecule has 2 aromatic heterocycles. The van der Waals surface area contributed by atoms with Crippen molar-refractivity contribution in [1.82, 2.24) is 25.1 Å². The molecule has 8 nitrogen and oxygen atoms in total. The second-order valence-corrected chi connectivity index (χ2v) is 5.62. The van der Waals surface area contributed by atoms with E-state index in [1.807, 2.05) is 30.5 Å². The zero-order valence-electron chi connectivity index (χ0n) is 13.8. The molecular weight excluding hydrogens is 322 g/mol. The standard InChI is InChI=1S/C17H19N5O3/c1-25-17(24)15(21-16(23)6-7-22-11-18-10-20-22)8-12-9-19-14-5-3-2-4-13(12)14/h2-5,9-11,15,19H,6-8H2,1H3,(H,21,23). The minimum absolute atomic E-state index is 0.199. The van der Waals surface area contributed by atoms with Gasteiger partial charge in [0.15, 0.2) is 0 Å². The molecule has 1 amide bonds. The van der Waals surface area contributed by atoms with Gasteiger partial charge in [-0.3, -0.25) is 9.48 Å². The number of aromatic nitrogens is 4. The molecule has 3 aromatic rings. The van der Waals surface area contributed by atoms with Crippen molar-refractivity contribution < 1.29 is 14.3 Å². The van der Waals surface area contributed by atoms with Crippen LogP contribution in [0.15, 0.2) is 43.1 Å². The summed E-state index contributed by atoms with van der Waals surface area (Å²) in [4.78, 5) is 31.2. The van der Waals surface area contributed by atoms with Crippen LogP contribution in [0.2, 0.25) is 0 Å². The molecule has 0 saturated heterocycles. The summed E-state index contributed by atoms with van der Waals surface area (Å²) in [6, 6.07) is 7.06. The highest BCUT2D eigenvalue weighted by atomic mass is 16.5. The van der Waals surface area contributed by atoms with E-state index in [1.165, 1.54) is 19.8 Å². The number of ether oxygens (including phenoxy) is 1. The van der Waals surface area contributed by atoms with Crippen LogP contribution in [0.4, 0.5) is 0 Å². The lowest BCUT2D eigenvalue weighted by Crippen LogP contribution is -2.43. The fourth-order valence-corrected chi connectivity index (χ4v) is 2.69. The minimum atomic E-state index is -0.743. The summed E-state index contributed by atoms with van der Waals surface area (Å²) in [6.45, 7) is 0.396. The number of H-pyrrole nitrogens is 1. The van der Waals surface area contributed by atoms with E-state index >= 15 is 0 Å². The molecule has 0 fully saturated rings. The van der Waals surface area contributed by atoms with Crippen LogP contribution in [0.25, 0.3) is 10.9 Å². The summed E-state index contributed by atoms with van der Waals surface area (Å²) in [5, 5.41) is 7.71. The number of esters is 1. The SMILES string of the molecule is COC(=O)C(Cc1c[nH]c2ccccc12)NC(=O)CCn1cncn1. The number of nitrogens with one attached hydrogen (secondary N) is 2. The molecule has 130 valence electrons. The summed E-state index contributed by atoms with van der Waals surface area (Å²) in [7, 11) is 1.31. The Kier molecular flexibility index (Phi) is 5.08. The van der Waals surface area contributed by atoms with Gasteiger partial charge in [0, 0.05) is 29.9 Å². The van der Waals surface area contributed by atoms with E-state index in [0.29, 0.717) is 13.0 Å². The molecule has 3 rings (SSSR count). The maximum absolute atomic E-state index is 12.2. The average Bonchev–Trinajstić information content (AvgIpc) is 3.29. The smallest absolute Gasteiger partial charge is 0.328 e. The number of hydrogen-bond acceptors (Lipinski definition) is 5. The Bertz CT molecular complexity index is 856. The summed E-state index contributed by atoms with van der Waals surface area (Å²) in [6.07, 6.45) is 5.35. The third-order valence-electron chi connectivity index (χ3n) is 3.95. The predicted molar refractivity (Wildman–Crippen MR) is 90.6 cm³/mol. The molecule has 25 heavy (non-hydrogen) atoms. The molecule has 1 aromatic carbocycles. The summed E-state index contributed by atoms with van der Waals surface area (Å²) < 4.78 is 6.39. The van der Waals surface area contributed by atoms with Crippen molar-refractivity contribution in [2.75, 3.05) is 7.11 Å². The number of aryl methyl sites for hydroxylation is 1. The minimum Gasteiger partial charge on any atom is -0.467 e. The monoisotopic (exact) mass is 341 g/mol. The first-order valence-corrected chi connectivity index (χ1v) is 7.92. The molecule has 0 aliphatic rings. The van der Waals surface area contributed by atoms with E-state index in [0.717, 1.165) is 16.5 Å². The molecular formula is C17H19N5O3. The number of nitrogens with zero attached hydrogens (tertiary/aromatic N) is 3. The van der Waals surface area contributed by atoms with Crippen LogP contribution in [0.3, 0.4) is 0 Å². The van der Waals surface area contributed by atoms with Gasteiger partial charge in [0.25, 0.3) is 0 Å². The number of rotatable bonds is 7. The van der Waals surface area contributed by atoms with Crippen LogP contribution in [-0.4, -0.2) is 44.8 Å². The number of carbonyl (C=O) groups excluding carboxylic acids is 2.